The third-order valence-corrected chi connectivity index (χ3v) is 3.42. The van der Waals surface area contributed by atoms with Crippen LogP contribution >= 0.6 is 27.5 Å². The summed E-state index contributed by atoms with van der Waals surface area (Å²) in [4.78, 5) is 15.8. The van der Waals surface area contributed by atoms with E-state index in [4.69, 9.17) is 16.0 Å². The second kappa shape index (κ2) is 5.54. The Labute approximate surface area is 117 Å². The fourth-order valence-electron chi connectivity index (χ4n) is 1.37. The number of pyridine rings is 1. The SMILES string of the molecule is CCc1ccc(C(=O)Nc2cnc(Cl)c(Br)c2)o1. The van der Waals surface area contributed by atoms with Gasteiger partial charge in [0.1, 0.15) is 10.9 Å². The van der Waals surface area contributed by atoms with Gasteiger partial charge in [0.25, 0.3) is 5.91 Å². The smallest absolute Gasteiger partial charge is 0.291 e. The lowest BCUT2D eigenvalue weighted by molar-refractivity contribution is 0.0995. The number of halogens is 2. The van der Waals surface area contributed by atoms with E-state index in [0.29, 0.717) is 15.3 Å². The highest BCUT2D eigenvalue weighted by Crippen LogP contribution is 2.23. The van der Waals surface area contributed by atoms with Gasteiger partial charge in [-0.25, -0.2) is 4.98 Å². The van der Waals surface area contributed by atoms with E-state index in [1.165, 1.54) is 6.20 Å². The second-order valence-corrected chi connectivity index (χ2v) is 4.78. The number of nitrogens with one attached hydrogen (secondary N) is 1. The predicted octanol–water partition coefficient (Wildman–Crippen LogP) is 3.91. The molecule has 0 saturated carbocycles. The highest BCUT2D eigenvalue weighted by atomic mass is 79.9. The van der Waals surface area contributed by atoms with E-state index >= 15 is 0 Å². The van der Waals surface area contributed by atoms with Gasteiger partial charge in [-0.05, 0) is 34.1 Å². The molecule has 0 atom stereocenters. The molecule has 0 fully saturated rings. The minimum Gasteiger partial charge on any atom is -0.456 e. The third-order valence-electron chi connectivity index (χ3n) is 2.29. The van der Waals surface area contributed by atoms with Crippen LogP contribution < -0.4 is 5.32 Å². The zero-order chi connectivity index (χ0) is 13.1. The maximum absolute atomic E-state index is 11.9. The first-order valence-corrected chi connectivity index (χ1v) is 6.48. The molecule has 6 heteroatoms. The summed E-state index contributed by atoms with van der Waals surface area (Å²) in [7, 11) is 0. The third kappa shape index (κ3) is 2.91. The van der Waals surface area contributed by atoms with Crippen molar-refractivity contribution >= 4 is 39.1 Å². The summed E-state index contributed by atoms with van der Waals surface area (Å²) in [5.41, 5.74) is 0.547. The van der Waals surface area contributed by atoms with Crippen LogP contribution in [0.1, 0.15) is 23.2 Å². The van der Waals surface area contributed by atoms with Crippen molar-refractivity contribution in [2.75, 3.05) is 5.32 Å². The van der Waals surface area contributed by atoms with Crippen LogP contribution in [0.15, 0.2) is 33.3 Å². The number of anilines is 1. The van der Waals surface area contributed by atoms with Crippen molar-refractivity contribution in [1.82, 2.24) is 4.98 Å². The molecular weight excluding hydrogens is 320 g/mol. The van der Waals surface area contributed by atoms with Gasteiger partial charge < -0.3 is 9.73 Å². The van der Waals surface area contributed by atoms with Gasteiger partial charge in [0, 0.05) is 6.42 Å². The maximum atomic E-state index is 11.9. The molecule has 2 heterocycles. The molecule has 1 amide bonds. The van der Waals surface area contributed by atoms with Gasteiger partial charge in [-0.1, -0.05) is 18.5 Å². The summed E-state index contributed by atoms with van der Waals surface area (Å²) in [5.74, 6) is 0.735. The van der Waals surface area contributed by atoms with Crippen LogP contribution in [0.3, 0.4) is 0 Å². The molecule has 0 saturated heterocycles. The number of aromatic nitrogens is 1. The summed E-state index contributed by atoms with van der Waals surface area (Å²) >= 11 is 9.01. The Balaban J connectivity index is 2.13. The van der Waals surface area contributed by atoms with Crippen LogP contribution in [0.25, 0.3) is 0 Å². The Morgan fingerprint density at radius 3 is 2.94 bits per heavy atom. The molecule has 0 bridgehead atoms. The minimum atomic E-state index is -0.314. The number of furan rings is 1. The Morgan fingerprint density at radius 1 is 1.56 bits per heavy atom. The summed E-state index contributed by atoms with van der Waals surface area (Å²) in [6, 6.07) is 5.11. The molecule has 0 aliphatic heterocycles. The fourth-order valence-corrected chi connectivity index (χ4v) is 1.82. The van der Waals surface area contributed by atoms with E-state index in [-0.39, 0.29) is 11.7 Å². The first-order valence-electron chi connectivity index (χ1n) is 5.31. The standard InChI is InChI=1S/C12H10BrClN2O2/c1-2-8-3-4-10(18-8)12(17)16-7-5-9(13)11(14)15-6-7/h3-6H,2H2,1H3,(H,16,17). The minimum absolute atomic E-state index is 0.276. The number of hydrogen-bond donors (Lipinski definition) is 1. The molecule has 1 N–H and O–H groups in total. The zero-order valence-corrected chi connectivity index (χ0v) is 11.9. The van der Waals surface area contributed by atoms with Crippen LogP contribution in [-0.2, 0) is 6.42 Å². The van der Waals surface area contributed by atoms with Crippen LogP contribution in [0, 0.1) is 0 Å². The Hall–Kier alpha value is -1.33. The van der Waals surface area contributed by atoms with Crippen molar-refractivity contribution in [3.05, 3.63) is 45.5 Å². The van der Waals surface area contributed by atoms with Gasteiger partial charge in [0.2, 0.25) is 0 Å². The molecule has 94 valence electrons. The van der Waals surface area contributed by atoms with Crippen molar-refractivity contribution in [1.29, 1.82) is 0 Å². The van der Waals surface area contributed by atoms with Gasteiger partial charge in [-0.3, -0.25) is 4.79 Å². The van der Waals surface area contributed by atoms with Crippen LogP contribution in [0.2, 0.25) is 5.15 Å². The number of aryl methyl sites for hydroxylation is 1. The van der Waals surface area contributed by atoms with Gasteiger partial charge in [0.05, 0.1) is 16.4 Å². The van der Waals surface area contributed by atoms with Crippen LogP contribution in [0.4, 0.5) is 5.69 Å². The molecule has 0 radical (unpaired) electrons. The summed E-state index contributed by atoms with van der Waals surface area (Å²) in [5, 5.41) is 3.03. The summed E-state index contributed by atoms with van der Waals surface area (Å²) in [6.45, 7) is 1.96. The molecule has 2 aromatic rings. The number of carbonyl (C=O) groups excluding carboxylic acids is 1. The van der Waals surface area contributed by atoms with Crippen LogP contribution in [-0.4, -0.2) is 10.9 Å². The first kappa shape index (κ1) is 13.1. The molecular formula is C12H10BrClN2O2. The molecule has 18 heavy (non-hydrogen) atoms. The molecule has 0 aromatic carbocycles. The van der Waals surface area contributed by atoms with E-state index in [9.17, 15) is 4.79 Å². The first-order chi connectivity index (χ1) is 8.60. The van der Waals surface area contributed by atoms with E-state index in [0.717, 1.165) is 12.2 Å². The van der Waals surface area contributed by atoms with Gasteiger partial charge in [-0.15, -0.1) is 0 Å². The average molecular weight is 330 g/mol. The quantitative estimate of drug-likeness (QED) is 0.869. The van der Waals surface area contributed by atoms with E-state index in [2.05, 4.69) is 26.2 Å². The number of amides is 1. The second-order valence-electron chi connectivity index (χ2n) is 3.57. The largest absolute Gasteiger partial charge is 0.456 e. The van der Waals surface area contributed by atoms with E-state index < -0.39 is 0 Å². The number of carbonyl (C=O) groups is 1. The monoisotopic (exact) mass is 328 g/mol. The van der Waals surface area contributed by atoms with Crippen molar-refractivity contribution in [3.8, 4) is 0 Å². The Bertz CT molecular complexity index is 583. The predicted molar refractivity (Wildman–Crippen MR) is 73.0 cm³/mol. The summed E-state index contributed by atoms with van der Waals surface area (Å²) < 4.78 is 5.97. The normalized spacial score (nSPS) is 10.4. The molecule has 2 rings (SSSR count). The van der Waals surface area contributed by atoms with Gasteiger partial charge in [0.15, 0.2) is 5.76 Å². The lowest BCUT2D eigenvalue weighted by atomic mass is 10.3. The van der Waals surface area contributed by atoms with E-state index in [1.54, 1.807) is 18.2 Å². The van der Waals surface area contributed by atoms with Crippen molar-refractivity contribution in [2.24, 2.45) is 0 Å². The highest BCUT2D eigenvalue weighted by Gasteiger charge is 2.11. The highest BCUT2D eigenvalue weighted by molar-refractivity contribution is 9.10. The average Bonchev–Trinajstić information content (AvgIpc) is 2.82. The Kier molecular flexibility index (Phi) is 4.04. The number of hydrogen-bond acceptors (Lipinski definition) is 3. The Morgan fingerprint density at radius 2 is 2.33 bits per heavy atom. The lowest BCUT2D eigenvalue weighted by Gasteiger charge is -2.03. The zero-order valence-electron chi connectivity index (χ0n) is 9.54. The van der Waals surface area contributed by atoms with Crippen LogP contribution in [0.5, 0.6) is 0 Å². The fraction of sp³-hybridized carbons (Fsp3) is 0.167. The maximum Gasteiger partial charge on any atom is 0.291 e. The topological polar surface area (TPSA) is 55.1 Å². The van der Waals surface area contributed by atoms with Crippen molar-refractivity contribution < 1.29 is 9.21 Å². The van der Waals surface area contributed by atoms with Crippen molar-refractivity contribution in [3.63, 3.8) is 0 Å². The van der Waals surface area contributed by atoms with Gasteiger partial charge in [-0.2, -0.15) is 0 Å². The molecule has 4 nitrogen and oxygen atoms in total. The molecule has 0 spiro atoms. The van der Waals surface area contributed by atoms with Crippen molar-refractivity contribution in [2.45, 2.75) is 13.3 Å². The number of nitrogens with zero attached hydrogens (tertiary/aromatic N) is 1. The summed E-state index contributed by atoms with van der Waals surface area (Å²) in [6.07, 6.45) is 2.23. The lowest BCUT2D eigenvalue weighted by Crippen LogP contribution is -2.11. The van der Waals surface area contributed by atoms with E-state index in [1.807, 2.05) is 6.92 Å². The van der Waals surface area contributed by atoms with Gasteiger partial charge >= 0.3 is 0 Å². The molecule has 0 aliphatic carbocycles. The molecule has 2 aromatic heterocycles. The molecule has 0 unspecified atom stereocenters. The molecule has 0 aliphatic rings. The number of rotatable bonds is 3.